The maximum atomic E-state index is 14.1. The molecule has 54 heavy (non-hydrogen) atoms. The Kier molecular flexibility index (Phi) is 11.5. The number of fused-ring (bicyclic) bond motifs is 2. The molecule has 0 aliphatic carbocycles. The third-order valence-corrected chi connectivity index (χ3v) is 8.71. The van der Waals surface area contributed by atoms with Crippen LogP contribution in [0.2, 0.25) is 0 Å². The van der Waals surface area contributed by atoms with E-state index in [0.717, 1.165) is 10.8 Å². The van der Waals surface area contributed by atoms with Gasteiger partial charge in [-0.15, -0.1) is 0 Å². The van der Waals surface area contributed by atoms with Gasteiger partial charge in [0.1, 0.15) is 0 Å². The number of aromatic nitrogens is 2. The average Bonchev–Trinajstić information content (AvgIpc) is 3.09. The van der Waals surface area contributed by atoms with Crippen molar-refractivity contribution in [2.75, 3.05) is 16.0 Å². The van der Waals surface area contributed by atoms with E-state index in [0.29, 0.717) is 34.5 Å². The highest BCUT2D eigenvalue weighted by molar-refractivity contribution is 6.19. The van der Waals surface area contributed by atoms with Crippen LogP contribution in [0.3, 0.4) is 0 Å². The number of carbonyl (C=O) groups excluding carboxylic acids is 4. The largest absolute Gasteiger partial charge is 0.368 e. The second kappa shape index (κ2) is 15.7. The molecule has 12 heteroatoms. The molecule has 2 heterocycles. The first kappa shape index (κ1) is 39.5. The topological polar surface area (TPSA) is 172 Å². The summed E-state index contributed by atoms with van der Waals surface area (Å²) in [6.45, 7) is 13.4. The Morgan fingerprint density at radius 2 is 1.07 bits per heavy atom. The SMILES string of the molecule is CC(C)(CC(=O)NOC(C)(C)C)CC(C)(C)CC(=O)Nc1ccc(C(O)(C(=O)Nc2cccc3cccnc23)C(=O)Nc2cccc3cccnc23)cc1. The van der Waals surface area contributed by atoms with Gasteiger partial charge in [-0.05, 0) is 74.4 Å². The Morgan fingerprint density at radius 1 is 0.611 bits per heavy atom. The zero-order chi connectivity index (χ0) is 39.3. The van der Waals surface area contributed by atoms with Gasteiger partial charge in [0.05, 0.1) is 28.0 Å². The third kappa shape index (κ3) is 9.82. The number of para-hydroxylation sites is 2. The van der Waals surface area contributed by atoms with E-state index in [-0.39, 0.29) is 30.2 Å². The van der Waals surface area contributed by atoms with Crippen LogP contribution in [0.15, 0.2) is 97.3 Å². The maximum absolute atomic E-state index is 14.1. The first-order chi connectivity index (χ1) is 25.3. The number of nitrogens with zero attached hydrogens (tertiary/aromatic N) is 2. The molecule has 0 unspecified atom stereocenters. The molecule has 0 fully saturated rings. The predicted octanol–water partition coefficient (Wildman–Crippen LogP) is 7.26. The lowest BCUT2D eigenvalue weighted by Gasteiger charge is -2.34. The van der Waals surface area contributed by atoms with Crippen molar-refractivity contribution in [3.63, 3.8) is 0 Å². The highest BCUT2D eigenvalue weighted by Crippen LogP contribution is 2.39. The minimum absolute atomic E-state index is 0.0345. The van der Waals surface area contributed by atoms with Crippen LogP contribution in [-0.4, -0.2) is 44.3 Å². The van der Waals surface area contributed by atoms with Crippen molar-refractivity contribution >= 4 is 62.5 Å². The van der Waals surface area contributed by atoms with Crippen molar-refractivity contribution in [2.24, 2.45) is 10.8 Å². The normalized spacial score (nSPS) is 12.3. The van der Waals surface area contributed by atoms with Gasteiger partial charge in [0.2, 0.25) is 17.4 Å². The van der Waals surface area contributed by atoms with Gasteiger partial charge in [0.15, 0.2) is 0 Å². The molecule has 2 aromatic heterocycles. The number of hydroxylamine groups is 1. The van der Waals surface area contributed by atoms with E-state index in [4.69, 9.17) is 4.84 Å². The molecule has 5 aromatic rings. The first-order valence-electron chi connectivity index (χ1n) is 17.8. The van der Waals surface area contributed by atoms with Crippen molar-refractivity contribution in [1.29, 1.82) is 0 Å². The van der Waals surface area contributed by atoms with Gasteiger partial charge in [-0.25, -0.2) is 5.48 Å². The molecule has 5 rings (SSSR count). The molecular formula is C42H48N6O6. The van der Waals surface area contributed by atoms with E-state index >= 15 is 0 Å². The molecule has 4 amide bonds. The van der Waals surface area contributed by atoms with Crippen molar-refractivity contribution in [3.8, 4) is 0 Å². The Morgan fingerprint density at radius 3 is 1.56 bits per heavy atom. The molecule has 0 saturated heterocycles. The van der Waals surface area contributed by atoms with Crippen molar-refractivity contribution in [3.05, 3.63) is 103 Å². The van der Waals surface area contributed by atoms with Gasteiger partial charge in [0, 0.05) is 47.3 Å². The van der Waals surface area contributed by atoms with Crippen LogP contribution in [0, 0.1) is 10.8 Å². The summed E-state index contributed by atoms with van der Waals surface area (Å²) in [5.41, 5.74) is 0.326. The molecule has 0 saturated carbocycles. The van der Waals surface area contributed by atoms with Crippen LogP contribution in [-0.2, 0) is 29.6 Å². The number of nitrogens with one attached hydrogen (secondary N) is 4. The summed E-state index contributed by atoms with van der Waals surface area (Å²) in [7, 11) is 0. The predicted molar refractivity (Wildman–Crippen MR) is 210 cm³/mol. The molecule has 5 N–H and O–H groups in total. The monoisotopic (exact) mass is 732 g/mol. The fourth-order valence-corrected chi connectivity index (χ4v) is 6.74. The Bertz CT molecular complexity index is 2070. The number of benzene rings is 3. The molecule has 3 aromatic carbocycles. The lowest BCUT2D eigenvalue weighted by molar-refractivity contribution is -0.148. The number of hydrogen-bond acceptors (Lipinski definition) is 8. The number of aliphatic hydroxyl groups is 1. The average molecular weight is 733 g/mol. The van der Waals surface area contributed by atoms with Crippen molar-refractivity contribution in [2.45, 2.75) is 78.9 Å². The van der Waals surface area contributed by atoms with Crippen LogP contribution in [0.4, 0.5) is 17.1 Å². The highest BCUT2D eigenvalue weighted by Gasteiger charge is 2.46. The summed E-state index contributed by atoms with van der Waals surface area (Å²) < 4.78 is 0. The lowest BCUT2D eigenvalue weighted by Crippen LogP contribution is -2.50. The Hall–Kier alpha value is -5.72. The highest BCUT2D eigenvalue weighted by atomic mass is 16.7. The number of hydrogen-bond donors (Lipinski definition) is 5. The summed E-state index contributed by atoms with van der Waals surface area (Å²) in [4.78, 5) is 68.1. The number of rotatable bonds is 13. The van der Waals surface area contributed by atoms with Crippen LogP contribution in [0.1, 0.15) is 73.3 Å². The minimum Gasteiger partial charge on any atom is -0.368 e. The zero-order valence-corrected chi connectivity index (χ0v) is 31.7. The fraction of sp³-hybridized carbons (Fsp3) is 0.333. The molecule has 0 aliphatic rings. The summed E-state index contributed by atoms with van der Waals surface area (Å²) in [5, 5.41) is 22.0. The number of amides is 4. The number of anilines is 3. The Labute approximate surface area is 315 Å². The Balaban J connectivity index is 1.34. The van der Waals surface area contributed by atoms with E-state index < -0.39 is 33.8 Å². The molecule has 0 spiro atoms. The number of carbonyl (C=O) groups is 4. The van der Waals surface area contributed by atoms with Crippen LogP contribution < -0.4 is 21.4 Å². The molecule has 0 bridgehead atoms. The summed E-state index contributed by atoms with van der Waals surface area (Å²) in [6.07, 6.45) is 4.12. The quantitative estimate of drug-likeness (QED) is 0.0622. The van der Waals surface area contributed by atoms with E-state index in [9.17, 15) is 24.3 Å². The van der Waals surface area contributed by atoms with Gasteiger partial charge >= 0.3 is 0 Å². The van der Waals surface area contributed by atoms with Gasteiger partial charge in [0.25, 0.3) is 11.8 Å². The van der Waals surface area contributed by atoms with Crippen LogP contribution in [0.5, 0.6) is 0 Å². The van der Waals surface area contributed by atoms with Crippen LogP contribution in [0.25, 0.3) is 21.8 Å². The van der Waals surface area contributed by atoms with E-state index in [1.807, 2.05) is 72.7 Å². The second-order valence-corrected chi connectivity index (χ2v) is 16.1. The van der Waals surface area contributed by atoms with Gasteiger partial charge < -0.3 is 21.1 Å². The second-order valence-electron chi connectivity index (χ2n) is 16.1. The summed E-state index contributed by atoms with van der Waals surface area (Å²) in [5.74, 6) is -2.51. The van der Waals surface area contributed by atoms with Crippen molar-refractivity contribution in [1.82, 2.24) is 15.4 Å². The summed E-state index contributed by atoms with van der Waals surface area (Å²) >= 11 is 0. The van der Waals surface area contributed by atoms with Gasteiger partial charge in [-0.2, -0.15) is 0 Å². The maximum Gasteiger partial charge on any atom is 0.271 e. The summed E-state index contributed by atoms with van der Waals surface area (Å²) in [6, 6.07) is 23.5. The van der Waals surface area contributed by atoms with Gasteiger partial charge in [-0.1, -0.05) is 76.2 Å². The fourth-order valence-electron chi connectivity index (χ4n) is 6.74. The molecular weight excluding hydrogens is 684 g/mol. The van der Waals surface area contributed by atoms with E-state index in [1.165, 1.54) is 24.3 Å². The first-order valence-corrected chi connectivity index (χ1v) is 17.8. The molecule has 12 nitrogen and oxygen atoms in total. The number of pyridine rings is 2. The van der Waals surface area contributed by atoms with Crippen molar-refractivity contribution < 1.29 is 29.1 Å². The lowest BCUT2D eigenvalue weighted by atomic mass is 9.71. The molecule has 0 atom stereocenters. The minimum atomic E-state index is -2.73. The standard InChI is InChI=1S/C42H48N6O6/c1-39(2,3)54-48-34(50)25-41(6,7)26-40(4,5)24-33(49)45-30-20-18-29(19-21-30)42(53,37(51)46-31-16-8-12-27-14-10-22-43-35(27)31)38(52)47-32-17-9-13-28-15-11-23-44-36(28)32/h8-23,53H,24-26H2,1-7H3,(H,45,49)(H,46,51)(H,47,52)(H,48,50). The third-order valence-electron chi connectivity index (χ3n) is 8.71. The molecule has 0 aliphatic heterocycles. The molecule has 282 valence electrons. The van der Waals surface area contributed by atoms with E-state index in [2.05, 4.69) is 31.4 Å². The van der Waals surface area contributed by atoms with E-state index in [1.54, 1.807) is 48.8 Å². The zero-order valence-electron chi connectivity index (χ0n) is 31.7. The molecule has 0 radical (unpaired) electrons. The van der Waals surface area contributed by atoms with Gasteiger partial charge in [-0.3, -0.25) is 34.0 Å². The smallest absolute Gasteiger partial charge is 0.271 e. The van der Waals surface area contributed by atoms with Crippen LogP contribution >= 0.6 is 0 Å².